The first-order chi connectivity index (χ1) is 14.0. The van der Waals surface area contributed by atoms with Crippen molar-refractivity contribution < 1.29 is 9.52 Å². The number of anilines is 1. The summed E-state index contributed by atoms with van der Waals surface area (Å²) in [5.41, 5.74) is 3.05. The van der Waals surface area contributed by atoms with Gasteiger partial charge < -0.3 is 14.8 Å². The van der Waals surface area contributed by atoms with Crippen LogP contribution >= 0.6 is 11.6 Å². The molecule has 2 N–H and O–H groups in total. The van der Waals surface area contributed by atoms with Gasteiger partial charge in [0.1, 0.15) is 6.04 Å². The maximum atomic E-state index is 10.3. The Labute approximate surface area is 173 Å². The number of halogens is 1. The molecule has 0 aliphatic heterocycles. The Morgan fingerprint density at radius 2 is 1.86 bits per heavy atom. The summed E-state index contributed by atoms with van der Waals surface area (Å²) in [5.74, 6) is 0.512. The highest BCUT2D eigenvalue weighted by atomic mass is 35.5. The molecule has 1 unspecified atom stereocenters. The molecule has 0 saturated carbocycles. The summed E-state index contributed by atoms with van der Waals surface area (Å²) in [4.78, 5) is 6.78. The summed E-state index contributed by atoms with van der Waals surface area (Å²) in [6.45, 7) is 17.8. The quantitative estimate of drug-likeness (QED) is 0.521. The van der Waals surface area contributed by atoms with Crippen LogP contribution in [0.15, 0.2) is 40.8 Å². The van der Waals surface area contributed by atoms with Crippen LogP contribution in [-0.2, 0) is 6.42 Å². The molecule has 0 spiro atoms. The first-order valence-electron chi connectivity index (χ1n) is 8.93. The van der Waals surface area contributed by atoms with Crippen molar-refractivity contribution in [2.75, 3.05) is 5.32 Å². The van der Waals surface area contributed by atoms with Gasteiger partial charge in [0.05, 0.1) is 24.3 Å². The van der Waals surface area contributed by atoms with E-state index in [1.54, 1.807) is 43.3 Å². The minimum Gasteiger partial charge on any atom is -0.418 e. The first kappa shape index (κ1) is 20.3. The number of nitrogens with zero attached hydrogens (tertiary/aromatic N) is 4. The van der Waals surface area contributed by atoms with Crippen LogP contribution in [0, 0.1) is 13.1 Å². The van der Waals surface area contributed by atoms with Crippen LogP contribution in [0.4, 0.5) is 17.1 Å². The zero-order chi connectivity index (χ0) is 21.0. The van der Waals surface area contributed by atoms with Gasteiger partial charge in [0.25, 0.3) is 0 Å². The lowest BCUT2D eigenvalue weighted by Gasteiger charge is -2.22. The lowest BCUT2D eigenvalue weighted by atomic mass is 10.1. The molecule has 0 saturated heterocycles. The van der Waals surface area contributed by atoms with Gasteiger partial charge in [-0.2, -0.15) is 0 Å². The Bertz CT molecular complexity index is 1090. The molecule has 2 aromatic carbocycles. The lowest BCUT2D eigenvalue weighted by Crippen LogP contribution is -2.24. The molecule has 7 nitrogen and oxygen atoms in total. The van der Waals surface area contributed by atoms with Crippen molar-refractivity contribution in [2.24, 2.45) is 0 Å². The molecule has 0 amide bonds. The number of hydrogen-bond acceptors (Lipinski definition) is 5. The molecule has 0 aliphatic rings. The molecule has 0 bridgehead atoms. The molecule has 29 heavy (non-hydrogen) atoms. The molecule has 146 valence electrons. The van der Waals surface area contributed by atoms with Crippen LogP contribution in [-0.4, -0.2) is 21.4 Å². The Hall–Kier alpha value is -3.39. The summed E-state index contributed by atoms with van der Waals surface area (Å²) in [7, 11) is 0. The third kappa shape index (κ3) is 4.22. The minimum atomic E-state index is -0.836. The van der Waals surface area contributed by atoms with Gasteiger partial charge in [-0.15, -0.1) is 10.2 Å². The average molecular weight is 408 g/mol. The highest BCUT2D eigenvalue weighted by molar-refractivity contribution is 6.34. The molecule has 3 rings (SSSR count). The van der Waals surface area contributed by atoms with Gasteiger partial charge in [0.2, 0.25) is 17.5 Å². The molecule has 0 aliphatic carbocycles. The number of aliphatic hydroxyl groups is 1. The van der Waals surface area contributed by atoms with E-state index >= 15 is 0 Å². The Morgan fingerprint density at radius 1 is 1.14 bits per heavy atom. The van der Waals surface area contributed by atoms with E-state index in [0.717, 1.165) is 5.56 Å². The van der Waals surface area contributed by atoms with E-state index in [-0.39, 0.29) is 5.89 Å². The van der Waals surface area contributed by atoms with Gasteiger partial charge in [-0.1, -0.05) is 48.9 Å². The molecule has 3 aromatic rings. The minimum absolute atomic E-state index is 0.219. The number of aliphatic hydroxyl groups excluding tert-OH is 1. The fourth-order valence-corrected chi connectivity index (χ4v) is 3.23. The van der Waals surface area contributed by atoms with Crippen LogP contribution in [0.3, 0.4) is 0 Å². The number of hydrogen-bond donors (Lipinski definition) is 2. The van der Waals surface area contributed by atoms with Gasteiger partial charge in [0.15, 0.2) is 5.69 Å². The van der Waals surface area contributed by atoms with E-state index in [9.17, 15) is 5.11 Å². The van der Waals surface area contributed by atoms with Gasteiger partial charge >= 0.3 is 0 Å². The van der Waals surface area contributed by atoms with Gasteiger partial charge in [0, 0.05) is 11.3 Å². The normalized spacial score (nSPS) is 12.6. The summed E-state index contributed by atoms with van der Waals surface area (Å²) in [6, 6.07) is 9.53. The third-order valence-electron chi connectivity index (χ3n) is 4.44. The van der Waals surface area contributed by atoms with Gasteiger partial charge in [-0.25, -0.2) is 9.69 Å². The van der Waals surface area contributed by atoms with Crippen molar-refractivity contribution >= 4 is 28.7 Å². The van der Waals surface area contributed by atoms with Crippen molar-refractivity contribution in [3.8, 4) is 11.5 Å². The van der Waals surface area contributed by atoms with Crippen LogP contribution in [0.5, 0.6) is 0 Å². The number of nitrogens with one attached hydrogen (secondary N) is 1. The molecule has 1 heterocycles. The molecule has 0 fully saturated rings. The standard InChI is InChI=1S/C21H18ClN5O2/c1-5-15-16(10-11-17(24-4)18(15)22)25-19(12(2)28)21-27-26-20(29-21)13-6-8-14(23-3)9-7-13/h6-12,19,25,28H,5H2,1-2H3/t12?,19-/m1/s1. The summed E-state index contributed by atoms with van der Waals surface area (Å²) >= 11 is 6.34. The SMILES string of the molecule is [C-]#[N+]c1ccc(-c2nnc([C@H](Nc3ccc([N+]#[C-])c(Cl)c3CC)C(C)O)o2)cc1. The molecule has 8 heteroatoms. The van der Waals surface area contributed by atoms with Gasteiger partial charge in [-0.3, -0.25) is 0 Å². The molecule has 0 radical (unpaired) electrons. The van der Waals surface area contributed by atoms with Crippen molar-refractivity contribution in [3.63, 3.8) is 0 Å². The predicted octanol–water partition coefficient (Wildman–Crippen LogP) is 5.59. The molecule has 2 atom stereocenters. The van der Waals surface area contributed by atoms with E-state index in [1.165, 1.54) is 0 Å². The largest absolute Gasteiger partial charge is 0.418 e. The van der Waals surface area contributed by atoms with Crippen LogP contribution < -0.4 is 5.32 Å². The lowest BCUT2D eigenvalue weighted by molar-refractivity contribution is 0.159. The zero-order valence-electron chi connectivity index (χ0n) is 15.8. The summed E-state index contributed by atoms with van der Waals surface area (Å²) < 4.78 is 5.78. The Kier molecular flexibility index (Phi) is 6.13. The fraction of sp³-hybridized carbons (Fsp3) is 0.238. The number of aromatic nitrogens is 2. The molecular weight excluding hydrogens is 390 g/mol. The third-order valence-corrected chi connectivity index (χ3v) is 4.86. The van der Waals surface area contributed by atoms with Crippen molar-refractivity contribution in [2.45, 2.75) is 32.4 Å². The second kappa shape index (κ2) is 8.74. The maximum Gasteiger partial charge on any atom is 0.247 e. The molecule has 1 aromatic heterocycles. The summed E-state index contributed by atoms with van der Waals surface area (Å²) in [6.07, 6.45) is -0.226. The Balaban J connectivity index is 1.92. The van der Waals surface area contributed by atoms with Crippen molar-refractivity contribution in [3.05, 3.63) is 75.7 Å². The zero-order valence-corrected chi connectivity index (χ0v) is 16.6. The second-order valence-electron chi connectivity index (χ2n) is 6.36. The topological polar surface area (TPSA) is 79.9 Å². The highest BCUT2D eigenvalue weighted by Gasteiger charge is 2.25. The predicted molar refractivity (Wildman–Crippen MR) is 111 cm³/mol. The highest BCUT2D eigenvalue weighted by Crippen LogP contribution is 2.36. The fourth-order valence-electron chi connectivity index (χ4n) is 2.89. The van der Waals surface area contributed by atoms with E-state index in [0.29, 0.717) is 40.0 Å². The van der Waals surface area contributed by atoms with Gasteiger partial charge in [-0.05, 0) is 25.0 Å². The second-order valence-corrected chi connectivity index (χ2v) is 6.73. The van der Waals surface area contributed by atoms with Crippen molar-refractivity contribution in [1.29, 1.82) is 0 Å². The van der Waals surface area contributed by atoms with Crippen LogP contribution in [0.2, 0.25) is 5.02 Å². The van der Waals surface area contributed by atoms with Crippen LogP contribution in [0.1, 0.15) is 31.3 Å². The summed E-state index contributed by atoms with van der Waals surface area (Å²) in [5, 5.41) is 22.1. The van der Waals surface area contributed by atoms with Crippen molar-refractivity contribution in [1.82, 2.24) is 10.2 Å². The average Bonchev–Trinajstić information content (AvgIpc) is 3.21. The number of rotatable bonds is 6. The number of benzene rings is 2. The molecular formula is C21H18ClN5O2. The monoisotopic (exact) mass is 407 g/mol. The maximum absolute atomic E-state index is 10.3. The van der Waals surface area contributed by atoms with E-state index in [1.807, 2.05) is 6.92 Å². The van der Waals surface area contributed by atoms with Crippen LogP contribution in [0.25, 0.3) is 21.1 Å². The smallest absolute Gasteiger partial charge is 0.247 e. The van der Waals surface area contributed by atoms with E-state index in [2.05, 4.69) is 25.2 Å². The van der Waals surface area contributed by atoms with E-state index < -0.39 is 12.1 Å². The Morgan fingerprint density at radius 3 is 2.45 bits per heavy atom. The first-order valence-corrected chi connectivity index (χ1v) is 9.31. The van der Waals surface area contributed by atoms with E-state index in [4.69, 9.17) is 29.2 Å².